The molecular formula is C16H20N2OS2. The summed E-state index contributed by atoms with van der Waals surface area (Å²) in [4.78, 5) is 12.8. The van der Waals surface area contributed by atoms with Crippen molar-refractivity contribution in [3.63, 3.8) is 0 Å². The zero-order valence-corrected chi connectivity index (χ0v) is 13.6. The second-order valence-electron chi connectivity index (χ2n) is 7.08. The molecule has 4 aliphatic rings. The van der Waals surface area contributed by atoms with Gasteiger partial charge in [-0.3, -0.25) is 10.1 Å². The van der Waals surface area contributed by atoms with Gasteiger partial charge in [-0.05, 0) is 79.9 Å². The Kier molecular flexibility index (Phi) is 3.30. The first-order valence-electron chi connectivity index (χ1n) is 7.79. The van der Waals surface area contributed by atoms with E-state index in [2.05, 4.69) is 10.6 Å². The van der Waals surface area contributed by atoms with Gasteiger partial charge in [0.1, 0.15) is 0 Å². The van der Waals surface area contributed by atoms with Gasteiger partial charge in [0.25, 0.3) is 5.91 Å². The first-order chi connectivity index (χ1) is 10.1. The lowest BCUT2D eigenvalue weighted by Crippen LogP contribution is -2.61. The lowest BCUT2D eigenvalue weighted by atomic mass is 9.53. The molecular weight excluding hydrogens is 300 g/mol. The lowest BCUT2D eigenvalue weighted by Gasteiger charge is -2.57. The predicted octanol–water partition coefficient (Wildman–Crippen LogP) is 3.32. The molecule has 4 fully saturated rings. The summed E-state index contributed by atoms with van der Waals surface area (Å²) in [6.45, 7) is 0. The molecule has 0 saturated heterocycles. The first-order valence-corrected chi connectivity index (χ1v) is 9.08. The molecule has 0 unspecified atom stereocenters. The highest BCUT2D eigenvalue weighted by Gasteiger charge is 2.51. The first kappa shape index (κ1) is 13.7. The molecule has 5 heteroatoms. The van der Waals surface area contributed by atoms with Gasteiger partial charge >= 0.3 is 0 Å². The van der Waals surface area contributed by atoms with E-state index < -0.39 is 0 Å². The van der Waals surface area contributed by atoms with E-state index in [4.69, 9.17) is 12.2 Å². The van der Waals surface area contributed by atoms with Crippen LogP contribution in [0, 0.1) is 17.8 Å². The van der Waals surface area contributed by atoms with Crippen LogP contribution in [0.3, 0.4) is 0 Å². The molecule has 112 valence electrons. The summed E-state index contributed by atoms with van der Waals surface area (Å²) in [7, 11) is 0. The molecule has 0 spiro atoms. The maximum absolute atomic E-state index is 12.1. The van der Waals surface area contributed by atoms with Crippen LogP contribution in [-0.4, -0.2) is 16.6 Å². The van der Waals surface area contributed by atoms with E-state index in [0.717, 1.165) is 17.8 Å². The third kappa shape index (κ3) is 2.61. The van der Waals surface area contributed by atoms with E-state index in [9.17, 15) is 4.79 Å². The Hall–Kier alpha value is -0.940. The molecule has 5 rings (SSSR count). The highest BCUT2D eigenvalue weighted by molar-refractivity contribution is 7.80. The monoisotopic (exact) mass is 320 g/mol. The molecule has 21 heavy (non-hydrogen) atoms. The smallest absolute Gasteiger partial charge is 0.267 e. The zero-order chi connectivity index (χ0) is 14.4. The highest BCUT2D eigenvalue weighted by Crippen LogP contribution is 2.55. The predicted molar refractivity (Wildman–Crippen MR) is 88.4 cm³/mol. The number of thiocarbonyl (C=S) groups is 1. The number of hydrogen-bond acceptors (Lipinski definition) is 3. The third-order valence-electron chi connectivity index (χ3n) is 5.39. The summed E-state index contributed by atoms with van der Waals surface area (Å²) in [6, 6.07) is 3.71. The Morgan fingerprint density at radius 1 is 1.19 bits per heavy atom. The van der Waals surface area contributed by atoms with Gasteiger partial charge in [0.2, 0.25) is 0 Å². The van der Waals surface area contributed by atoms with Crippen molar-refractivity contribution in [2.24, 2.45) is 17.8 Å². The van der Waals surface area contributed by atoms with Crippen LogP contribution in [0.25, 0.3) is 0 Å². The van der Waals surface area contributed by atoms with E-state index in [-0.39, 0.29) is 11.4 Å². The van der Waals surface area contributed by atoms with Gasteiger partial charge in [0.15, 0.2) is 5.11 Å². The minimum absolute atomic E-state index is 0.0905. The molecule has 0 atom stereocenters. The summed E-state index contributed by atoms with van der Waals surface area (Å²) in [5.74, 6) is 2.53. The molecule has 1 aromatic rings. The van der Waals surface area contributed by atoms with Crippen LogP contribution < -0.4 is 10.6 Å². The van der Waals surface area contributed by atoms with Gasteiger partial charge in [-0.1, -0.05) is 6.07 Å². The number of carbonyl (C=O) groups excluding carboxylic acids is 1. The summed E-state index contributed by atoms with van der Waals surface area (Å²) in [5, 5.41) is 8.79. The number of hydrogen-bond donors (Lipinski definition) is 2. The number of nitrogens with one attached hydrogen (secondary N) is 2. The SMILES string of the molecule is O=C(NC(=S)NC12CC3CC(CC(C3)C1)C2)c1cccs1. The second-order valence-corrected chi connectivity index (χ2v) is 8.44. The highest BCUT2D eigenvalue weighted by atomic mass is 32.1. The van der Waals surface area contributed by atoms with Crippen LogP contribution in [0.1, 0.15) is 48.2 Å². The van der Waals surface area contributed by atoms with Gasteiger partial charge in [0, 0.05) is 5.54 Å². The molecule has 1 aromatic heterocycles. The van der Waals surface area contributed by atoms with Gasteiger partial charge in [-0.2, -0.15) is 0 Å². The fourth-order valence-corrected chi connectivity index (χ4v) is 6.04. The number of rotatable bonds is 2. The minimum atomic E-state index is -0.0905. The Morgan fingerprint density at radius 3 is 2.33 bits per heavy atom. The fourth-order valence-electron chi connectivity index (χ4n) is 5.11. The maximum atomic E-state index is 12.1. The fraction of sp³-hybridized carbons (Fsp3) is 0.625. The summed E-state index contributed by atoms with van der Waals surface area (Å²) in [6.07, 6.45) is 7.93. The molecule has 1 amide bonds. The molecule has 2 N–H and O–H groups in total. The van der Waals surface area contributed by atoms with Crippen LogP contribution in [0.4, 0.5) is 0 Å². The second kappa shape index (κ2) is 5.06. The molecule has 0 radical (unpaired) electrons. The van der Waals surface area contributed by atoms with Gasteiger partial charge < -0.3 is 5.32 Å². The minimum Gasteiger partial charge on any atom is -0.357 e. The van der Waals surface area contributed by atoms with Gasteiger partial charge in [-0.25, -0.2) is 0 Å². The van der Waals surface area contributed by atoms with Crippen molar-refractivity contribution in [1.29, 1.82) is 0 Å². The van der Waals surface area contributed by atoms with E-state index in [1.54, 1.807) is 0 Å². The number of carbonyl (C=O) groups is 1. The van der Waals surface area contributed by atoms with Crippen molar-refractivity contribution >= 4 is 34.6 Å². The number of thiophene rings is 1. The van der Waals surface area contributed by atoms with Crippen molar-refractivity contribution < 1.29 is 4.79 Å². The van der Waals surface area contributed by atoms with Crippen LogP contribution in [-0.2, 0) is 0 Å². The molecule has 4 aliphatic carbocycles. The molecule has 4 saturated carbocycles. The largest absolute Gasteiger partial charge is 0.357 e. The lowest BCUT2D eigenvalue weighted by molar-refractivity contribution is -0.0101. The molecule has 3 nitrogen and oxygen atoms in total. The van der Waals surface area contributed by atoms with E-state index in [1.807, 2.05) is 17.5 Å². The van der Waals surface area contributed by atoms with Crippen molar-refractivity contribution in [2.45, 2.75) is 44.1 Å². The summed E-state index contributed by atoms with van der Waals surface area (Å²) in [5.41, 5.74) is 0.161. The van der Waals surface area contributed by atoms with Gasteiger partial charge in [-0.15, -0.1) is 11.3 Å². The molecule has 1 heterocycles. The topological polar surface area (TPSA) is 41.1 Å². The van der Waals surface area contributed by atoms with E-state index >= 15 is 0 Å². The standard InChI is InChI=1S/C16H20N2OS2/c19-14(13-2-1-3-21-13)17-15(20)18-16-7-10-4-11(8-16)6-12(5-10)9-16/h1-3,10-12H,4-9H2,(H2,17,18,19,20). The van der Waals surface area contributed by atoms with Crippen molar-refractivity contribution in [1.82, 2.24) is 10.6 Å². The van der Waals surface area contributed by atoms with E-state index in [1.165, 1.54) is 49.9 Å². The zero-order valence-electron chi connectivity index (χ0n) is 11.9. The average Bonchev–Trinajstić information content (AvgIpc) is 2.89. The summed E-state index contributed by atoms with van der Waals surface area (Å²) >= 11 is 6.84. The van der Waals surface area contributed by atoms with Crippen molar-refractivity contribution in [2.75, 3.05) is 0 Å². The van der Waals surface area contributed by atoms with Crippen molar-refractivity contribution in [3.05, 3.63) is 22.4 Å². The Labute approximate surface area is 134 Å². The molecule has 0 aromatic carbocycles. The Morgan fingerprint density at radius 2 is 1.81 bits per heavy atom. The molecule has 4 bridgehead atoms. The van der Waals surface area contributed by atoms with Gasteiger partial charge in [0.05, 0.1) is 4.88 Å². The van der Waals surface area contributed by atoms with E-state index in [0.29, 0.717) is 9.99 Å². The average molecular weight is 320 g/mol. The van der Waals surface area contributed by atoms with Crippen LogP contribution in [0.15, 0.2) is 17.5 Å². The maximum Gasteiger partial charge on any atom is 0.267 e. The Balaban J connectivity index is 1.41. The quantitative estimate of drug-likeness (QED) is 0.821. The van der Waals surface area contributed by atoms with Crippen molar-refractivity contribution in [3.8, 4) is 0 Å². The van der Waals surface area contributed by atoms with Crippen LogP contribution in [0.5, 0.6) is 0 Å². The number of amides is 1. The third-order valence-corrected chi connectivity index (χ3v) is 6.46. The normalized spacial score (nSPS) is 36.5. The summed E-state index contributed by atoms with van der Waals surface area (Å²) < 4.78 is 0. The van der Waals surface area contributed by atoms with Crippen LogP contribution in [0.2, 0.25) is 0 Å². The molecule has 0 aliphatic heterocycles. The van der Waals surface area contributed by atoms with Crippen LogP contribution >= 0.6 is 23.6 Å². The Bertz CT molecular complexity index is 532.